The highest BCUT2D eigenvalue weighted by Crippen LogP contribution is 2.26. The molecule has 43 heavy (non-hydrogen) atoms. The van der Waals surface area contributed by atoms with Gasteiger partial charge in [-0.1, -0.05) is 13.8 Å². The Morgan fingerprint density at radius 3 is 1.19 bits per heavy atom. The standard InChI is InChI=1S/C33H36O8S2/c1-25(2)24-41-29-12-20-33(21-13-29)43(37,38)32-18-10-28(11-19-32)40-23-5-3-4-22-39-27-8-16-31(17-9-27)42(35,36)30-14-6-26(34)7-15-30/h6-21,25,34H,3-5,22-24H2,1-2H3. The van der Waals surface area contributed by atoms with Crippen LogP contribution >= 0.6 is 0 Å². The predicted molar refractivity (Wildman–Crippen MR) is 164 cm³/mol. The van der Waals surface area contributed by atoms with Crippen molar-refractivity contribution in [2.24, 2.45) is 5.92 Å². The molecule has 0 aliphatic carbocycles. The van der Waals surface area contributed by atoms with Gasteiger partial charge in [0.05, 0.1) is 39.4 Å². The van der Waals surface area contributed by atoms with Crippen molar-refractivity contribution in [3.05, 3.63) is 97.1 Å². The van der Waals surface area contributed by atoms with E-state index in [1.165, 1.54) is 36.4 Å². The number of hydrogen-bond donors (Lipinski definition) is 1. The van der Waals surface area contributed by atoms with E-state index in [1.807, 2.05) is 13.8 Å². The zero-order valence-corrected chi connectivity index (χ0v) is 25.8. The molecule has 4 aromatic carbocycles. The number of aromatic hydroxyl groups is 1. The molecule has 0 atom stereocenters. The van der Waals surface area contributed by atoms with Crippen molar-refractivity contribution in [2.75, 3.05) is 19.8 Å². The van der Waals surface area contributed by atoms with E-state index >= 15 is 0 Å². The van der Waals surface area contributed by atoms with Crippen molar-refractivity contribution < 1.29 is 36.2 Å². The van der Waals surface area contributed by atoms with Gasteiger partial charge in [-0.3, -0.25) is 0 Å². The molecule has 4 rings (SSSR count). The summed E-state index contributed by atoms with van der Waals surface area (Å²) in [5, 5.41) is 9.39. The molecule has 0 spiro atoms. The maximum Gasteiger partial charge on any atom is 0.206 e. The molecule has 8 nitrogen and oxygen atoms in total. The Kier molecular flexibility index (Phi) is 10.7. The number of ether oxygens (including phenoxy) is 3. The lowest BCUT2D eigenvalue weighted by Gasteiger charge is -2.10. The summed E-state index contributed by atoms with van der Waals surface area (Å²) >= 11 is 0. The van der Waals surface area contributed by atoms with Gasteiger partial charge in [-0.25, -0.2) is 16.8 Å². The summed E-state index contributed by atoms with van der Waals surface area (Å²) in [4.78, 5) is 0.653. The largest absolute Gasteiger partial charge is 0.508 e. The van der Waals surface area contributed by atoms with Gasteiger partial charge in [-0.05, 0) is 122 Å². The third-order valence-corrected chi connectivity index (χ3v) is 10.0. The molecule has 0 radical (unpaired) electrons. The zero-order valence-electron chi connectivity index (χ0n) is 24.2. The number of phenolic OH excluding ortho intramolecular Hbond substituents is 1. The van der Waals surface area contributed by atoms with E-state index in [-0.39, 0.29) is 25.3 Å². The molecular formula is C33H36O8S2. The first kappa shape index (κ1) is 31.9. The van der Waals surface area contributed by atoms with Crippen LogP contribution < -0.4 is 14.2 Å². The second kappa shape index (κ2) is 14.4. The van der Waals surface area contributed by atoms with Crippen molar-refractivity contribution in [3.8, 4) is 23.0 Å². The van der Waals surface area contributed by atoms with Gasteiger partial charge in [0.1, 0.15) is 23.0 Å². The smallest absolute Gasteiger partial charge is 0.206 e. The SMILES string of the molecule is CC(C)COc1ccc(S(=O)(=O)c2ccc(OCCCCCOc3ccc(S(=O)(=O)c4ccc(O)cc4)cc3)cc2)cc1. The van der Waals surface area contributed by atoms with Gasteiger partial charge < -0.3 is 19.3 Å². The normalized spacial score (nSPS) is 11.8. The summed E-state index contributed by atoms with van der Waals surface area (Å²) in [6, 6.07) is 24.5. The summed E-state index contributed by atoms with van der Waals surface area (Å²) in [7, 11) is -7.32. The Labute approximate surface area is 253 Å². The zero-order chi connectivity index (χ0) is 30.9. The summed E-state index contributed by atoms with van der Waals surface area (Å²) in [6.07, 6.45) is 2.44. The average Bonchev–Trinajstić information content (AvgIpc) is 3.00. The van der Waals surface area contributed by atoms with Crippen LogP contribution in [0.3, 0.4) is 0 Å². The van der Waals surface area contributed by atoms with E-state index in [1.54, 1.807) is 60.7 Å². The van der Waals surface area contributed by atoms with Crippen LogP contribution in [0.1, 0.15) is 33.1 Å². The maximum atomic E-state index is 13.0. The lowest BCUT2D eigenvalue weighted by atomic mass is 10.2. The lowest BCUT2D eigenvalue weighted by Crippen LogP contribution is -2.05. The third kappa shape index (κ3) is 8.75. The molecule has 0 fully saturated rings. The molecule has 4 aromatic rings. The maximum absolute atomic E-state index is 13.0. The number of unbranched alkanes of at least 4 members (excludes halogenated alkanes) is 2. The van der Waals surface area contributed by atoms with E-state index in [2.05, 4.69) is 0 Å². The van der Waals surface area contributed by atoms with E-state index in [0.29, 0.717) is 43.0 Å². The van der Waals surface area contributed by atoms with Gasteiger partial charge in [0, 0.05) is 0 Å². The highest BCUT2D eigenvalue weighted by atomic mass is 32.2. The van der Waals surface area contributed by atoms with Gasteiger partial charge in [-0.15, -0.1) is 0 Å². The Morgan fingerprint density at radius 2 is 0.837 bits per heavy atom. The van der Waals surface area contributed by atoms with Gasteiger partial charge >= 0.3 is 0 Å². The molecule has 1 N–H and O–H groups in total. The molecule has 0 saturated carbocycles. The van der Waals surface area contributed by atoms with Gasteiger partial charge in [0.15, 0.2) is 0 Å². The van der Waals surface area contributed by atoms with E-state index in [4.69, 9.17) is 14.2 Å². The first-order valence-corrected chi connectivity index (χ1v) is 17.0. The van der Waals surface area contributed by atoms with Crippen LogP contribution in [0.5, 0.6) is 23.0 Å². The minimum absolute atomic E-state index is 0.00238. The molecular weight excluding hydrogens is 588 g/mol. The third-order valence-electron chi connectivity index (χ3n) is 6.46. The molecule has 0 heterocycles. The van der Waals surface area contributed by atoms with E-state index < -0.39 is 19.7 Å². The van der Waals surface area contributed by atoms with Crippen LogP contribution in [0.4, 0.5) is 0 Å². The minimum atomic E-state index is -3.67. The van der Waals surface area contributed by atoms with Gasteiger partial charge in [0.25, 0.3) is 0 Å². The Hall–Kier alpha value is -4.02. The average molecular weight is 625 g/mol. The second-order valence-electron chi connectivity index (χ2n) is 10.4. The second-order valence-corrected chi connectivity index (χ2v) is 14.3. The molecule has 0 aliphatic rings. The van der Waals surface area contributed by atoms with Crippen LogP contribution in [-0.4, -0.2) is 41.8 Å². The van der Waals surface area contributed by atoms with Gasteiger partial charge in [-0.2, -0.15) is 0 Å². The number of hydrogen-bond acceptors (Lipinski definition) is 8. The first-order valence-electron chi connectivity index (χ1n) is 14.0. The van der Waals surface area contributed by atoms with Crippen molar-refractivity contribution >= 4 is 19.7 Å². The summed E-state index contributed by atoms with van der Waals surface area (Å²) in [5.41, 5.74) is 0. The first-order chi connectivity index (χ1) is 20.6. The molecule has 0 amide bonds. The van der Waals surface area contributed by atoms with Crippen molar-refractivity contribution in [1.82, 2.24) is 0 Å². The molecule has 10 heteroatoms. The fourth-order valence-electron chi connectivity index (χ4n) is 4.07. The van der Waals surface area contributed by atoms with Crippen LogP contribution in [-0.2, 0) is 19.7 Å². The van der Waals surface area contributed by atoms with Crippen molar-refractivity contribution in [3.63, 3.8) is 0 Å². The topological polar surface area (TPSA) is 116 Å². The predicted octanol–water partition coefficient (Wildman–Crippen LogP) is 6.72. The summed E-state index contributed by atoms with van der Waals surface area (Å²) in [6.45, 7) is 5.61. The van der Waals surface area contributed by atoms with E-state index in [0.717, 1.165) is 19.3 Å². The molecule has 228 valence electrons. The highest BCUT2D eigenvalue weighted by Gasteiger charge is 2.19. The molecule has 0 unspecified atom stereocenters. The van der Waals surface area contributed by atoms with Crippen molar-refractivity contribution in [2.45, 2.75) is 52.7 Å². The quantitative estimate of drug-likeness (QED) is 0.145. The molecule has 0 saturated heterocycles. The number of sulfone groups is 2. The van der Waals surface area contributed by atoms with E-state index in [9.17, 15) is 21.9 Å². The van der Waals surface area contributed by atoms with Gasteiger partial charge in [0.2, 0.25) is 19.7 Å². The molecule has 0 bridgehead atoms. The minimum Gasteiger partial charge on any atom is -0.508 e. The van der Waals surface area contributed by atoms with Crippen LogP contribution in [0.25, 0.3) is 0 Å². The summed E-state index contributed by atoms with van der Waals surface area (Å²) in [5.74, 6) is 2.19. The Morgan fingerprint density at radius 1 is 0.512 bits per heavy atom. The number of phenols is 1. The Bertz CT molecular complexity index is 1660. The molecule has 0 aromatic heterocycles. The lowest BCUT2D eigenvalue weighted by molar-refractivity contribution is 0.271. The summed E-state index contributed by atoms with van der Waals surface area (Å²) < 4.78 is 68.6. The highest BCUT2D eigenvalue weighted by molar-refractivity contribution is 7.91. The Balaban J connectivity index is 1.16. The molecule has 0 aliphatic heterocycles. The fraction of sp³-hybridized carbons (Fsp3) is 0.273. The van der Waals surface area contributed by atoms with Crippen LogP contribution in [0.15, 0.2) is 117 Å². The monoisotopic (exact) mass is 624 g/mol. The van der Waals surface area contributed by atoms with Crippen LogP contribution in [0.2, 0.25) is 0 Å². The van der Waals surface area contributed by atoms with Crippen molar-refractivity contribution in [1.29, 1.82) is 0 Å². The van der Waals surface area contributed by atoms with Crippen LogP contribution in [0, 0.1) is 5.92 Å². The number of benzene rings is 4. The fourth-order valence-corrected chi connectivity index (χ4v) is 6.59. The number of rotatable bonds is 15.